The molecule has 1 aliphatic heterocycles. The Morgan fingerprint density at radius 3 is 2.75 bits per heavy atom. The summed E-state index contributed by atoms with van der Waals surface area (Å²) in [5.74, 6) is 0.995. The molecule has 0 aromatic heterocycles. The molecule has 0 saturated carbocycles. The van der Waals surface area contributed by atoms with Crippen molar-refractivity contribution < 1.29 is 4.74 Å². The summed E-state index contributed by atoms with van der Waals surface area (Å²) < 4.78 is 5.73. The van der Waals surface area contributed by atoms with E-state index in [-0.39, 0.29) is 6.10 Å². The van der Waals surface area contributed by atoms with Crippen molar-refractivity contribution in [2.24, 2.45) is 0 Å². The van der Waals surface area contributed by atoms with Gasteiger partial charge in [-0.2, -0.15) is 0 Å². The van der Waals surface area contributed by atoms with Gasteiger partial charge >= 0.3 is 0 Å². The van der Waals surface area contributed by atoms with Gasteiger partial charge in [0, 0.05) is 12.1 Å². The van der Waals surface area contributed by atoms with E-state index in [2.05, 4.69) is 51.2 Å². The Balaban J connectivity index is 2.27. The summed E-state index contributed by atoms with van der Waals surface area (Å²) in [5, 5.41) is 3.55. The van der Waals surface area contributed by atoms with Gasteiger partial charge in [-0.1, -0.05) is 6.07 Å². The van der Waals surface area contributed by atoms with Gasteiger partial charge in [-0.15, -0.1) is 0 Å². The lowest BCUT2D eigenvalue weighted by Gasteiger charge is -2.29. The van der Waals surface area contributed by atoms with Crippen LogP contribution in [0, 0.1) is 0 Å². The number of benzene rings is 1. The van der Waals surface area contributed by atoms with Gasteiger partial charge in [-0.3, -0.25) is 0 Å². The van der Waals surface area contributed by atoms with Crippen molar-refractivity contribution in [3.8, 4) is 5.75 Å². The zero-order valence-electron chi connectivity index (χ0n) is 10.6. The van der Waals surface area contributed by atoms with Gasteiger partial charge in [0.1, 0.15) is 5.75 Å². The van der Waals surface area contributed by atoms with Crippen molar-refractivity contribution in [2.45, 2.75) is 52.3 Å². The van der Waals surface area contributed by atoms with Crippen molar-refractivity contribution in [2.75, 3.05) is 0 Å². The van der Waals surface area contributed by atoms with Crippen LogP contribution in [-0.2, 0) is 6.42 Å². The third-order valence-corrected chi connectivity index (χ3v) is 3.01. The molecule has 0 amide bonds. The number of fused-ring (bicyclic) bond motifs is 1. The molecule has 2 heteroatoms. The molecule has 1 aromatic rings. The molecule has 2 nitrogen and oxygen atoms in total. The van der Waals surface area contributed by atoms with Crippen molar-refractivity contribution in [3.05, 3.63) is 29.3 Å². The molecule has 16 heavy (non-hydrogen) atoms. The summed E-state index contributed by atoms with van der Waals surface area (Å²) in [5.41, 5.74) is 2.84. The topological polar surface area (TPSA) is 21.3 Å². The van der Waals surface area contributed by atoms with Crippen LogP contribution in [0.25, 0.3) is 0 Å². The largest absolute Gasteiger partial charge is 0.491 e. The Bertz CT molecular complexity index is 373. The minimum atomic E-state index is 0.245. The molecule has 1 heterocycles. The second-order valence-corrected chi connectivity index (χ2v) is 5.02. The van der Waals surface area contributed by atoms with Crippen molar-refractivity contribution in [3.63, 3.8) is 0 Å². The number of hydrogen-bond donors (Lipinski definition) is 1. The lowest BCUT2D eigenvalue weighted by atomic mass is 9.91. The first kappa shape index (κ1) is 11.5. The summed E-state index contributed by atoms with van der Waals surface area (Å²) in [7, 11) is 0. The SMILES string of the molecule is CC1Cc2cc(OC(C)C)ccc2C(C)N1. The van der Waals surface area contributed by atoms with Crippen LogP contribution in [0.1, 0.15) is 44.9 Å². The molecule has 2 unspecified atom stereocenters. The third kappa shape index (κ3) is 2.38. The van der Waals surface area contributed by atoms with Crippen molar-refractivity contribution >= 4 is 0 Å². The number of hydrogen-bond acceptors (Lipinski definition) is 2. The maximum absolute atomic E-state index is 5.73. The molecule has 0 radical (unpaired) electrons. The number of ether oxygens (including phenoxy) is 1. The van der Waals surface area contributed by atoms with E-state index >= 15 is 0 Å². The van der Waals surface area contributed by atoms with Crippen LogP contribution in [0.2, 0.25) is 0 Å². The molecule has 0 fully saturated rings. The molecule has 88 valence electrons. The van der Waals surface area contributed by atoms with E-state index in [9.17, 15) is 0 Å². The second kappa shape index (κ2) is 4.46. The number of nitrogens with one attached hydrogen (secondary N) is 1. The van der Waals surface area contributed by atoms with E-state index in [1.54, 1.807) is 0 Å². The molecule has 0 aliphatic carbocycles. The second-order valence-electron chi connectivity index (χ2n) is 5.02. The van der Waals surface area contributed by atoms with Crippen LogP contribution in [0.5, 0.6) is 5.75 Å². The van der Waals surface area contributed by atoms with Crippen LogP contribution in [0.3, 0.4) is 0 Å². The maximum Gasteiger partial charge on any atom is 0.119 e. The lowest BCUT2D eigenvalue weighted by Crippen LogP contribution is -2.35. The van der Waals surface area contributed by atoms with Crippen LogP contribution in [-0.4, -0.2) is 12.1 Å². The van der Waals surface area contributed by atoms with Crippen molar-refractivity contribution in [1.29, 1.82) is 0 Å². The molecule has 2 rings (SSSR count). The fourth-order valence-electron chi connectivity index (χ4n) is 2.43. The number of rotatable bonds is 2. The lowest BCUT2D eigenvalue weighted by molar-refractivity contribution is 0.242. The van der Waals surface area contributed by atoms with E-state index in [1.807, 2.05) is 0 Å². The predicted octanol–water partition coefficient (Wildman–Crippen LogP) is 3.07. The summed E-state index contributed by atoms with van der Waals surface area (Å²) >= 11 is 0. The average molecular weight is 219 g/mol. The first-order valence-electron chi connectivity index (χ1n) is 6.12. The van der Waals surface area contributed by atoms with Gasteiger partial charge in [-0.25, -0.2) is 0 Å². The summed E-state index contributed by atoms with van der Waals surface area (Å²) in [4.78, 5) is 0. The Morgan fingerprint density at radius 2 is 2.06 bits per heavy atom. The Hall–Kier alpha value is -1.02. The van der Waals surface area contributed by atoms with E-state index in [0.29, 0.717) is 12.1 Å². The molecule has 0 saturated heterocycles. The Kier molecular flexibility index (Phi) is 3.20. The molecule has 1 N–H and O–H groups in total. The highest BCUT2D eigenvalue weighted by atomic mass is 16.5. The van der Waals surface area contributed by atoms with Gasteiger partial charge in [0.2, 0.25) is 0 Å². The van der Waals surface area contributed by atoms with Crippen LogP contribution >= 0.6 is 0 Å². The highest BCUT2D eigenvalue weighted by Crippen LogP contribution is 2.28. The highest BCUT2D eigenvalue weighted by molar-refractivity contribution is 5.39. The molecular weight excluding hydrogens is 198 g/mol. The van der Waals surface area contributed by atoms with Gasteiger partial charge < -0.3 is 10.1 Å². The normalized spacial score (nSPS) is 24.3. The first-order chi connectivity index (χ1) is 7.56. The summed E-state index contributed by atoms with van der Waals surface area (Å²) in [6.07, 6.45) is 1.34. The average Bonchev–Trinajstić information content (AvgIpc) is 2.15. The zero-order valence-corrected chi connectivity index (χ0v) is 10.6. The van der Waals surface area contributed by atoms with E-state index in [0.717, 1.165) is 12.2 Å². The Labute approximate surface area is 98.0 Å². The quantitative estimate of drug-likeness (QED) is 0.825. The van der Waals surface area contributed by atoms with Crippen molar-refractivity contribution in [1.82, 2.24) is 5.32 Å². The van der Waals surface area contributed by atoms with Gasteiger partial charge in [0.05, 0.1) is 6.10 Å². The molecule has 0 bridgehead atoms. The first-order valence-corrected chi connectivity index (χ1v) is 6.12. The molecular formula is C14H21NO. The van der Waals surface area contributed by atoms with E-state index in [1.165, 1.54) is 11.1 Å². The molecule has 1 aromatic carbocycles. The smallest absolute Gasteiger partial charge is 0.119 e. The summed E-state index contributed by atoms with van der Waals surface area (Å²) in [6, 6.07) is 7.47. The molecule has 2 atom stereocenters. The minimum Gasteiger partial charge on any atom is -0.491 e. The molecule has 1 aliphatic rings. The fourth-order valence-corrected chi connectivity index (χ4v) is 2.43. The maximum atomic E-state index is 5.73. The zero-order chi connectivity index (χ0) is 11.7. The highest BCUT2D eigenvalue weighted by Gasteiger charge is 2.20. The third-order valence-electron chi connectivity index (χ3n) is 3.01. The van der Waals surface area contributed by atoms with E-state index < -0.39 is 0 Å². The monoisotopic (exact) mass is 219 g/mol. The van der Waals surface area contributed by atoms with Crippen LogP contribution in [0.15, 0.2) is 18.2 Å². The standard InChI is InChI=1S/C14H21NO/c1-9(2)16-13-5-6-14-11(4)15-10(3)7-12(14)8-13/h5-6,8-11,15H,7H2,1-4H3. The van der Waals surface area contributed by atoms with Gasteiger partial charge in [0.15, 0.2) is 0 Å². The van der Waals surface area contributed by atoms with E-state index in [4.69, 9.17) is 4.74 Å². The Morgan fingerprint density at radius 1 is 1.31 bits per heavy atom. The summed E-state index contributed by atoms with van der Waals surface area (Å²) in [6.45, 7) is 8.57. The minimum absolute atomic E-state index is 0.245. The van der Waals surface area contributed by atoms with Gasteiger partial charge in [-0.05, 0) is 57.4 Å². The fraction of sp³-hybridized carbons (Fsp3) is 0.571. The van der Waals surface area contributed by atoms with Crippen LogP contribution in [0.4, 0.5) is 0 Å². The molecule has 0 spiro atoms. The van der Waals surface area contributed by atoms with Crippen LogP contribution < -0.4 is 10.1 Å². The predicted molar refractivity (Wildman–Crippen MR) is 66.9 cm³/mol. The van der Waals surface area contributed by atoms with Gasteiger partial charge in [0.25, 0.3) is 0 Å².